The van der Waals surface area contributed by atoms with E-state index in [0.717, 1.165) is 55.6 Å². The molecule has 2 atom stereocenters. The van der Waals surface area contributed by atoms with E-state index in [2.05, 4.69) is 40.7 Å². The molecule has 3 aliphatic rings. The van der Waals surface area contributed by atoms with E-state index in [0.29, 0.717) is 36.2 Å². The van der Waals surface area contributed by atoms with Crippen LogP contribution >= 0.6 is 11.6 Å². The lowest BCUT2D eigenvalue weighted by Crippen LogP contribution is -2.50. The van der Waals surface area contributed by atoms with E-state index in [1.165, 1.54) is 24.4 Å². The first-order valence-electron chi connectivity index (χ1n) is 15.0. The van der Waals surface area contributed by atoms with Gasteiger partial charge >= 0.3 is 0 Å². The Bertz CT molecular complexity index is 1370. The van der Waals surface area contributed by atoms with Crippen LogP contribution in [0, 0.1) is 18.2 Å². The molecule has 3 saturated heterocycles. The second kappa shape index (κ2) is 10.4. The van der Waals surface area contributed by atoms with Gasteiger partial charge < -0.3 is 9.47 Å². The van der Waals surface area contributed by atoms with E-state index in [1.807, 2.05) is 31.7 Å². The molecule has 214 valence electrons. The van der Waals surface area contributed by atoms with Crippen LogP contribution in [0.2, 0.25) is 5.02 Å². The summed E-state index contributed by atoms with van der Waals surface area (Å²) in [6.07, 6.45) is 7.38. The molecular weight excluding hydrogens is 523 g/mol. The van der Waals surface area contributed by atoms with Gasteiger partial charge in [-0.1, -0.05) is 44.5 Å². The molecule has 0 aliphatic carbocycles. The lowest BCUT2D eigenvalue weighted by molar-refractivity contribution is -0.141. The maximum atomic E-state index is 14.6. The number of carbonyl (C=O) groups is 1. The molecule has 0 spiro atoms. The third-order valence-electron chi connectivity index (χ3n) is 9.97. The number of likely N-dealkylation sites (tertiary alicyclic amines) is 1. The van der Waals surface area contributed by atoms with Crippen LogP contribution in [0.25, 0.3) is 11.0 Å². The number of aromatic nitrogens is 2. The summed E-state index contributed by atoms with van der Waals surface area (Å²) >= 11 is 6.37. The molecular formula is C33H42ClFN4O. The Hall–Kier alpha value is -2.44. The van der Waals surface area contributed by atoms with Crippen LogP contribution in [0.15, 0.2) is 42.5 Å². The van der Waals surface area contributed by atoms with Gasteiger partial charge in [-0.2, -0.15) is 0 Å². The minimum absolute atomic E-state index is 0.187. The Morgan fingerprint density at radius 3 is 2.38 bits per heavy atom. The minimum Gasteiger partial charge on any atom is -0.342 e. The van der Waals surface area contributed by atoms with Crippen molar-refractivity contribution < 1.29 is 9.18 Å². The van der Waals surface area contributed by atoms with Gasteiger partial charge in [-0.15, -0.1) is 0 Å². The quantitative estimate of drug-likeness (QED) is 0.326. The highest BCUT2D eigenvalue weighted by molar-refractivity contribution is 6.30. The van der Waals surface area contributed by atoms with Gasteiger partial charge in [0.1, 0.15) is 11.6 Å². The van der Waals surface area contributed by atoms with E-state index < -0.39 is 5.41 Å². The summed E-state index contributed by atoms with van der Waals surface area (Å²) in [4.78, 5) is 22.6. The standard InChI is InChI=1S/C33H42ClFN4O/c1-22-36-29-7-5-6-8-30(29)39(22)28-20-26-9-10-27(21-28)38(26)16-13-33(23-17-24(34)19-25(35)18-23)11-14-37(15-12-33)31(40)32(2,3)4/h5-8,17-19,26-28H,9-16,20-21H2,1-4H3. The summed E-state index contributed by atoms with van der Waals surface area (Å²) in [5, 5.41) is 0.450. The number of hydrogen-bond donors (Lipinski definition) is 0. The first-order valence-corrected chi connectivity index (χ1v) is 15.4. The van der Waals surface area contributed by atoms with Crippen molar-refractivity contribution in [2.45, 2.75) is 96.2 Å². The van der Waals surface area contributed by atoms with Gasteiger partial charge in [0.25, 0.3) is 0 Å². The molecule has 0 N–H and O–H groups in total. The van der Waals surface area contributed by atoms with Crippen molar-refractivity contribution in [1.29, 1.82) is 0 Å². The SMILES string of the molecule is Cc1nc2ccccc2n1C1CC2CCC(C1)N2CCC1(c2cc(F)cc(Cl)c2)CCN(C(=O)C(C)(C)C)CC1. The Balaban J connectivity index is 1.21. The van der Waals surface area contributed by atoms with Crippen molar-refractivity contribution in [3.05, 3.63) is 64.7 Å². The number of hydrogen-bond acceptors (Lipinski definition) is 3. The van der Waals surface area contributed by atoms with Crippen molar-refractivity contribution in [3.8, 4) is 0 Å². The van der Waals surface area contributed by atoms with Crippen LogP contribution in [-0.2, 0) is 10.2 Å². The first-order chi connectivity index (χ1) is 19.0. The molecule has 0 radical (unpaired) electrons. The summed E-state index contributed by atoms with van der Waals surface area (Å²) in [5.74, 6) is 1.03. The molecule has 5 nitrogen and oxygen atoms in total. The molecule has 7 heteroatoms. The van der Waals surface area contributed by atoms with Gasteiger partial charge in [0.15, 0.2) is 0 Å². The topological polar surface area (TPSA) is 41.4 Å². The third-order valence-corrected chi connectivity index (χ3v) is 10.2. The fourth-order valence-corrected chi connectivity index (χ4v) is 8.17. The molecule has 2 unspecified atom stereocenters. The molecule has 4 heterocycles. The average Bonchev–Trinajstić information content (AvgIpc) is 3.36. The minimum atomic E-state index is -0.398. The zero-order valence-corrected chi connectivity index (χ0v) is 25.1. The summed E-state index contributed by atoms with van der Waals surface area (Å²) < 4.78 is 17.1. The fourth-order valence-electron chi connectivity index (χ4n) is 7.95. The molecule has 3 aromatic rings. The number of benzene rings is 2. The second-order valence-electron chi connectivity index (χ2n) is 13.5. The molecule has 0 saturated carbocycles. The zero-order valence-electron chi connectivity index (χ0n) is 24.3. The van der Waals surface area contributed by atoms with E-state index in [4.69, 9.17) is 16.6 Å². The van der Waals surface area contributed by atoms with E-state index in [1.54, 1.807) is 6.07 Å². The maximum absolute atomic E-state index is 14.6. The number of piperidine rings is 2. The Labute approximate surface area is 242 Å². The van der Waals surface area contributed by atoms with Crippen LogP contribution in [0.4, 0.5) is 4.39 Å². The highest BCUT2D eigenvalue weighted by Crippen LogP contribution is 2.45. The highest BCUT2D eigenvalue weighted by Gasteiger charge is 2.44. The summed E-state index contributed by atoms with van der Waals surface area (Å²) in [5.41, 5.74) is 2.74. The van der Waals surface area contributed by atoms with Crippen molar-refractivity contribution >= 4 is 28.5 Å². The number of imidazole rings is 1. The molecule has 3 fully saturated rings. The number of fused-ring (bicyclic) bond motifs is 3. The Morgan fingerprint density at radius 2 is 1.73 bits per heavy atom. The van der Waals surface area contributed by atoms with Gasteiger partial charge in [-0.25, -0.2) is 9.37 Å². The van der Waals surface area contributed by atoms with Crippen molar-refractivity contribution in [2.75, 3.05) is 19.6 Å². The molecule has 1 aromatic heterocycles. The van der Waals surface area contributed by atoms with Crippen molar-refractivity contribution in [2.24, 2.45) is 5.41 Å². The largest absolute Gasteiger partial charge is 0.342 e. The van der Waals surface area contributed by atoms with Crippen LogP contribution in [-0.4, -0.2) is 57.0 Å². The van der Waals surface area contributed by atoms with Gasteiger partial charge in [0.05, 0.1) is 11.0 Å². The highest BCUT2D eigenvalue weighted by atomic mass is 35.5. The van der Waals surface area contributed by atoms with E-state index in [9.17, 15) is 9.18 Å². The molecule has 40 heavy (non-hydrogen) atoms. The molecule has 2 aromatic carbocycles. The number of para-hydroxylation sites is 2. The summed E-state index contributed by atoms with van der Waals surface area (Å²) in [6, 6.07) is 15.1. The Morgan fingerprint density at radius 1 is 1.05 bits per heavy atom. The smallest absolute Gasteiger partial charge is 0.227 e. The third kappa shape index (κ3) is 5.07. The van der Waals surface area contributed by atoms with Gasteiger partial charge in [0, 0.05) is 47.1 Å². The van der Waals surface area contributed by atoms with Crippen LogP contribution in [0.3, 0.4) is 0 Å². The number of nitrogens with zero attached hydrogens (tertiary/aromatic N) is 4. The second-order valence-corrected chi connectivity index (χ2v) is 13.9. The number of carbonyl (C=O) groups excluding carboxylic acids is 1. The zero-order chi connectivity index (χ0) is 28.2. The van der Waals surface area contributed by atoms with Crippen molar-refractivity contribution in [1.82, 2.24) is 19.4 Å². The average molecular weight is 565 g/mol. The number of halogens is 2. The summed E-state index contributed by atoms with van der Waals surface area (Å²) in [7, 11) is 0. The van der Waals surface area contributed by atoms with Gasteiger partial charge in [-0.05, 0) is 94.3 Å². The first kappa shape index (κ1) is 27.7. The fraction of sp³-hybridized carbons (Fsp3) is 0.576. The van der Waals surface area contributed by atoms with E-state index in [-0.39, 0.29) is 17.1 Å². The van der Waals surface area contributed by atoms with Gasteiger partial charge in [-0.3, -0.25) is 9.69 Å². The molecule has 2 bridgehead atoms. The molecule has 1 amide bonds. The predicted molar refractivity (Wildman–Crippen MR) is 159 cm³/mol. The lowest BCUT2D eigenvalue weighted by Gasteiger charge is -2.46. The number of aryl methyl sites for hydroxylation is 1. The summed E-state index contributed by atoms with van der Waals surface area (Å²) in [6.45, 7) is 10.5. The molecule has 3 aliphatic heterocycles. The number of amides is 1. The Kier molecular flexibility index (Phi) is 7.23. The lowest BCUT2D eigenvalue weighted by atomic mass is 9.70. The van der Waals surface area contributed by atoms with Crippen LogP contribution in [0.1, 0.15) is 83.1 Å². The normalized spacial score (nSPS) is 25.1. The van der Waals surface area contributed by atoms with E-state index >= 15 is 0 Å². The molecule has 6 rings (SSSR count). The predicted octanol–water partition coefficient (Wildman–Crippen LogP) is 7.30. The number of rotatable bonds is 5. The van der Waals surface area contributed by atoms with Crippen LogP contribution < -0.4 is 0 Å². The monoisotopic (exact) mass is 564 g/mol. The van der Waals surface area contributed by atoms with Gasteiger partial charge in [0.2, 0.25) is 5.91 Å². The van der Waals surface area contributed by atoms with Crippen molar-refractivity contribution in [3.63, 3.8) is 0 Å². The maximum Gasteiger partial charge on any atom is 0.227 e. The van der Waals surface area contributed by atoms with Crippen LogP contribution in [0.5, 0.6) is 0 Å².